The zero-order chi connectivity index (χ0) is 20.4. The quantitative estimate of drug-likeness (QED) is 0.670. The number of hydrogen-bond donors (Lipinski definition) is 1. The van der Waals surface area contributed by atoms with E-state index in [1.165, 1.54) is 0 Å². The van der Waals surface area contributed by atoms with Gasteiger partial charge in [0.05, 0.1) is 5.92 Å². The van der Waals surface area contributed by atoms with E-state index < -0.39 is 0 Å². The van der Waals surface area contributed by atoms with Crippen molar-refractivity contribution in [3.8, 4) is 17.1 Å². The molecule has 2 aromatic carbocycles. The lowest BCUT2D eigenvalue weighted by molar-refractivity contribution is -0.127. The van der Waals surface area contributed by atoms with Gasteiger partial charge in [-0.3, -0.25) is 4.79 Å². The summed E-state index contributed by atoms with van der Waals surface area (Å²) in [6, 6.07) is 14.7. The predicted octanol–water partition coefficient (Wildman–Crippen LogP) is 4.45. The first kappa shape index (κ1) is 19.5. The second kappa shape index (κ2) is 8.25. The van der Waals surface area contributed by atoms with Gasteiger partial charge in [-0.2, -0.15) is 4.98 Å². The fraction of sp³-hybridized carbons (Fsp3) is 0.318. The first-order chi connectivity index (χ1) is 14.0. The third kappa shape index (κ3) is 4.27. The molecule has 0 saturated heterocycles. The minimum atomic E-state index is -0.381. The van der Waals surface area contributed by atoms with Gasteiger partial charge in [0, 0.05) is 10.6 Å². The minimum absolute atomic E-state index is 0.0780. The van der Waals surface area contributed by atoms with Crippen LogP contribution in [0.5, 0.6) is 5.75 Å². The van der Waals surface area contributed by atoms with Gasteiger partial charge in [0.2, 0.25) is 17.6 Å². The van der Waals surface area contributed by atoms with Gasteiger partial charge in [0.1, 0.15) is 18.4 Å². The molecule has 1 N–H and O–H groups in total. The Bertz CT molecular complexity index is 1000. The maximum atomic E-state index is 12.9. The van der Waals surface area contributed by atoms with Crippen molar-refractivity contribution in [2.45, 2.75) is 26.3 Å². The molecule has 3 aromatic rings. The number of hydrogen-bond acceptors (Lipinski definition) is 5. The van der Waals surface area contributed by atoms with Crippen molar-refractivity contribution in [2.24, 2.45) is 11.8 Å². The number of aromatic nitrogens is 2. The van der Waals surface area contributed by atoms with Gasteiger partial charge in [-0.1, -0.05) is 60.9 Å². The van der Waals surface area contributed by atoms with Crippen molar-refractivity contribution >= 4 is 17.5 Å². The molecule has 0 bridgehead atoms. The molecular formula is C22H22ClN3O3. The largest absolute Gasteiger partial charge is 0.492 e. The molecule has 2 heterocycles. The van der Waals surface area contributed by atoms with Gasteiger partial charge >= 0.3 is 0 Å². The molecule has 6 nitrogen and oxygen atoms in total. The average Bonchev–Trinajstić information content (AvgIpc) is 3.21. The molecule has 1 amide bonds. The van der Waals surface area contributed by atoms with Crippen LogP contribution in [0.25, 0.3) is 11.4 Å². The highest BCUT2D eigenvalue weighted by molar-refractivity contribution is 6.30. The van der Waals surface area contributed by atoms with Gasteiger partial charge in [-0.15, -0.1) is 0 Å². The highest BCUT2D eigenvalue weighted by Gasteiger charge is 2.31. The second-order valence-corrected chi connectivity index (χ2v) is 7.95. The highest BCUT2D eigenvalue weighted by Crippen LogP contribution is 2.31. The molecule has 0 spiro atoms. The number of ether oxygens (including phenoxy) is 1. The van der Waals surface area contributed by atoms with Crippen molar-refractivity contribution in [1.82, 2.24) is 15.5 Å². The van der Waals surface area contributed by atoms with Crippen molar-refractivity contribution in [3.63, 3.8) is 0 Å². The highest BCUT2D eigenvalue weighted by atomic mass is 35.5. The van der Waals surface area contributed by atoms with E-state index in [0.717, 1.165) is 16.9 Å². The standard InChI is InChI=1S/C22H22ClN3O3/c1-13(2)19(22-25-20(26-29-22)14-6-4-3-5-7-14)24-21(27)16-10-15-11-17(23)8-9-18(15)28-12-16/h3-9,11,13,16,19H,10,12H2,1-2H3,(H,24,27). The molecule has 1 aliphatic rings. The summed E-state index contributed by atoms with van der Waals surface area (Å²) in [5.41, 5.74) is 1.81. The van der Waals surface area contributed by atoms with Gasteiger partial charge in [0.15, 0.2) is 0 Å². The van der Waals surface area contributed by atoms with Crippen LogP contribution in [-0.4, -0.2) is 22.7 Å². The van der Waals surface area contributed by atoms with Gasteiger partial charge in [0.25, 0.3) is 0 Å². The molecule has 0 radical (unpaired) electrons. The molecule has 4 rings (SSSR count). The number of amides is 1. The number of nitrogens with one attached hydrogen (secondary N) is 1. The fourth-order valence-electron chi connectivity index (χ4n) is 3.38. The fourth-order valence-corrected chi connectivity index (χ4v) is 3.58. The SMILES string of the molecule is CC(C)C(NC(=O)C1COc2ccc(Cl)cc2C1)c1nc(-c2ccccc2)no1. The van der Waals surface area contributed by atoms with Crippen LogP contribution in [0.2, 0.25) is 5.02 Å². The third-order valence-corrected chi connectivity index (χ3v) is 5.24. The number of nitrogens with zero attached hydrogens (tertiary/aromatic N) is 2. The van der Waals surface area contributed by atoms with Crippen LogP contribution in [-0.2, 0) is 11.2 Å². The molecular weight excluding hydrogens is 390 g/mol. The van der Waals surface area contributed by atoms with Crippen LogP contribution in [0.4, 0.5) is 0 Å². The van der Waals surface area contributed by atoms with Crippen LogP contribution >= 0.6 is 11.6 Å². The summed E-state index contributed by atoms with van der Waals surface area (Å²) < 4.78 is 11.2. The van der Waals surface area contributed by atoms with Gasteiger partial charge in [-0.05, 0) is 36.1 Å². The Balaban J connectivity index is 1.49. The van der Waals surface area contributed by atoms with Crippen molar-refractivity contribution in [2.75, 3.05) is 6.61 Å². The summed E-state index contributed by atoms with van der Waals surface area (Å²) in [7, 11) is 0. The number of carbonyl (C=O) groups excluding carboxylic acids is 1. The Kier molecular flexibility index (Phi) is 5.53. The Morgan fingerprint density at radius 1 is 1.21 bits per heavy atom. The summed E-state index contributed by atoms with van der Waals surface area (Å²) in [5, 5.41) is 7.77. The van der Waals surface area contributed by atoms with Crippen LogP contribution < -0.4 is 10.1 Å². The van der Waals surface area contributed by atoms with Gasteiger partial charge in [-0.25, -0.2) is 0 Å². The monoisotopic (exact) mass is 411 g/mol. The summed E-state index contributed by atoms with van der Waals surface area (Å²) in [5.74, 6) is 1.35. The van der Waals surface area contributed by atoms with Crippen molar-refractivity contribution < 1.29 is 14.1 Å². The summed E-state index contributed by atoms with van der Waals surface area (Å²) in [6.45, 7) is 4.33. The molecule has 150 valence electrons. The van der Waals surface area contributed by atoms with E-state index in [1.807, 2.05) is 56.3 Å². The zero-order valence-electron chi connectivity index (χ0n) is 16.3. The predicted molar refractivity (Wildman–Crippen MR) is 110 cm³/mol. The molecule has 0 aliphatic carbocycles. The topological polar surface area (TPSA) is 77.2 Å². The lowest BCUT2D eigenvalue weighted by Crippen LogP contribution is -2.40. The second-order valence-electron chi connectivity index (χ2n) is 7.52. The summed E-state index contributed by atoms with van der Waals surface area (Å²) in [6.07, 6.45) is 0.575. The van der Waals surface area contributed by atoms with Crippen LogP contribution in [0, 0.1) is 11.8 Å². The van der Waals surface area contributed by atoms with Crippen molar-refractivity contribution in [1.29, 1.82) is 0 Å². The van der Waals surface area contributed by atoms with E-state index in [9.17, 15) is 4.79 Å². The Morgan fingerprint density at radius 3 is 2.76 bits per heavy atom. The average molecular weight is 412 g/mol. The number of rotatable bonds is 5. The van der Waals surface area contributed by atoms with E-state index in [4.69, 9.17) is 20.9 Å². The van der Waals surface area contributed by atoms with E-state index in [2.05, 4.69) is 15.5 Å². The van der Waals surface area contributed by atoms with Crippen LogP contribution in [0.15, 0.2) is 53.1 Å². The van der Waals surface area contributed by atoms with Gasteiger partial charge < -0.3 is 14.6 Å². The molecule has 7 heteroatoms. The summed E-state index contributed by atoms with van der Waals surface area (Å²) in [4.78, 5) is 17.5. The molecule has 1 aromatic heterocycles. The lowest BCUT2D eigenvalue weighted by Gasteiger charge is -2.27. The number of halogens is 1. The van der Waals surface area contributed by atoms with E-state index in [1.54, 1.807) is 6.07 Å². The summed E-state index contributed by atoms with van der Waals surface area (Å²) >= 11 is 6.08. The molecule has 0 fully saturated rings. The molecule has 2 atom stereocenters. The van der Waals surface area contributed by atoms with E-state index in [-0.39, 0.29) is 23.8 Å². The molecule has 1 aliphatic heterocycles. The maximum absolute atomic E-state index is 12.9. The first-order valence-electron chi connectivity index (χ1n) is 9.62. The van der Waals surface area contributed by atoms with Crippen LogP contribution in [0.3, 0.4) is 0 Å². The number of benzene rings is 2. The van der Waals surface area contributed by atoms with E-state index in [0.29, 0.717) is 29.8 Å². The van der Waals surface area contributed by atoms with E-state index >= 15 is 0 Å². The molecule has 0 saturated carbocycles. The number of carbonyl (C=O) groups is 1. The maximum Gasteiger partial charge on any atom is 0.249 e. The molecule has 2 unspecified atom stereocenters. The Labute approximate surface area is 174 Å². The zero-order valence-corrected chi connectivity index (χ0v) is 17.0. The first-order valence-corrected chi connectivity index (χ1v) is 9.99. The normalized spacial score (nSPS) is 16.8. The number of fused-ring (bicyclic) bond motifs is 1. The smallest absolute Gasteiger partial charge is 0.249 e. The molecule has 29 heavy (non-hydrogen) atoms. The third-order valence-electron chi connectivity index (χ3n) is 5.00. The van der Waals surface area contributed by atoms with Crippen LogP contribution in [0.1, 0.15) is 31.3 Å². The minimum Gasteiger partial charge on any atom is -0.492 e. The lowest BCUT2D eigenvalue weighted by atomic mass is 9.95. The van der Waals surface area contributed by atoms with Crippen molar-refractivity contribution in [3.05, 3.63) is 65.0 Å². The Hall–Kier alpha value is -2.86. The Morgan fingerprint density at radius 2 is 2.00 bits per heavy atom.